The van der Waals surface area contributed by atoms with Crippen molar-refractivity contribution in [2.24, 2.45) is 5.92 Å². The molecule has 2 aromatic carbocycles. The average molecular weight is 418 g/mol. The first-order valence-electron chi connectivity index (χ1n) is 10.3. The molecule has 0 bridgehead atoms. The van der Waals surface area contributed by atoms with E-state index < -0.39 is 6.03 Å². The van der Waals surface area contributed by atoms with Gasteiger partial charge in [0.2, 0.25) is 0 Å². The van der Waals surface area contributed by atoms with Crippen molar-refractivity contribution in [3.05, 3.63) is 78.1 Å². The molecule has 6 heteroatoms. The van der Waals surface area contributed by atoms with Crippen LogP contribution < -0.4 is 5.32 Å². The Hall–Kier alpha value is -3.54. The van der Waals surface area contributed by atoms with Gasteiger partial charge in [-0.3, -0.25) is 9.59 Å². The number of ketones is 2. The molecule has 0 spiro atoms. The van der Waals surface area contributed by atoms with Crippen LogP contribution in [0.1, 0.15) is 43.1 Å². The summed E-state index contributed by atoms with van der Waals surface area (Å²) in [5, 5.41) is 6.94. The van der Waals surface area contributed by atoms with Gasteiger partial charge < -0.3 is 5.32 Å². The summed E-state index contributed by atoms with van der Waals surface area (Å²) >= 11 is 0. The summed E-state index contributed by atoms with van der Waals surface area (Å²) in [5.74, 6) is -0.254. The lowest BCUT2D eigenvalue weighted by molar-refractivity contribution is -0.120. The van der Waals surface area contributed by atoms with Crippen molar-refractivity contribution in [1.82, 2.24) is 15.1 Å². The number of nitrogens with zero attached hydrogens (tertiary/aromatic N) is 2. The molecule has 0 aliphatic rings. The zero-order valence-corrected chi connectivity index (χ0v) is 18.0. The molecule has 0 aliphatic carbocycles. The first-order valence-corrected chi connectivity index (χ1v) is 10.3. The van der Waals surface area contributed by atoms with Crippen LogP contribution in [0.4, 0.5) is 4.79 Å². The first kappa shape index (κ1) is 22.2. The monoisotopic (exact) mass is 417 g/mol. The Morgan fingerprint density at radius 1 is 0.968 bits per heavy atom. The van der Waals surface area contributed by atoms with Gasteiger partial charge in [-0.1, -0.05) is 61.5 Å². The predicted octanol–water partition coefficient (Wildman–Crippen LogP) is 4.54. The largest absolute Gasteiger partial charge is 0.342 e. The molecular weight excluding hydrogens is 390 g/mol. The Morgan fingerprint density at radius 3 is 2.19 bits per heavy atom. The van der Waals surface area contributed by atoms with E-state index in [2.05, 4.69) is 34.7 Å². The van der Waals surface area contributed by atoms with Gasteiger partial charge in [0.25, 0.3) is 0 Å². The van der Waals surface area contributed by atoms with E-state index >= 15 is 0 Å². The molecule has 0 saturated carbocycles. The van der Waals surface area contributed by atoms with Crippen LogP contribution in [-0.4, -0.2) is 33.4 Å². The average Bonchev–Trinajstić information content (AvgIpc) is 3.25. The molecule has 2 atom stereocenters. The van der Waals surface area contributed by atoms with Gasteiger partial charge in [-0.25, -0.2) is 4.79 Å². The quantitative estimate of drug-likeness (QED) is 0.546. The lowest BCUT2D eigenvalue weighted by atomic mass is 9.93. The second-order valence-corrected chi connectivity index (χ2v) is 7.89. The molecule has 31 heavy (non-hydrogen) atoms. The smallest absolute Gasteiger partial charge is 0.333 e. The van der Waals surface area contributed by atoms with E-state index in [1.807, 2.05) is 37.3 Å². The van der Waals surface area contributed by atoms with Crippen LogP contribution in [0.5, 0.6) is 0 Å². The summed E-state index contributed by atoms with van der Waals surface area (Å²) in [7, 11) is 0. The molecule has 0 unspecified atom stereocenters. The van der Waals surface area contributed by atoms with Gasteiger partial charge in [0.05, 0.1) is 11.8 Å². The van der Waals surface area contributed by atoms with Crippen molar-refractivity contribution in [3.63, 3.8) is 0 Å². The molecule has 0 fully saturated rings. The predicted molar refractivity (Wildman–Crippen MR) is 120 cm³/mol. The number of aromatic nitrogens is 2. The van der Waals surface area contributed by atoms with Crippen LogP contribution in [0, 0.1) is 5.92 Å². The number of carbonyl (C=O) groups is 3. The summed E-state index contributed by atoms with van der Waals surface area (Å²) in [6, 6.07) is 17.7. The number of nitrogens with one attached hydrogen (secondary N) is 1. The van der Waals surface area contributed by atoms with Gasteiger partial charge in [-0.2, -0.15) is 9.78 Å². The summed E-state index contributed by atoms with van der Waals surface area (Å²) in [5.41, 5.74) is 3.70. The third-order valence-electron chi connectivity index (χ3n) is 5.40. The van der Waals surface area contributed by atoms with Gasteiger partial charge in [0.15, 0.2) is 5.78 Å². The minimum Gasteiger partial charge on any atom is -0.333 e. The van der Waals surface area contributed by atoms with Crippen LogP contribution in [0.15, 0.2) is 67.0 Å². The van der Waals surface area contributed by atoms with Crippen molar-refractivity contribution in [1.29, 1.82) is 0 Å². The molecule has 160 valence electrons. The molecule has 6 nitrogen and oxygen atoms in total. The molecule has 1 heterocycles. The number of carbonyl (C=O) groups excluding carboxylic acids is 3. The molecule has 1 aromatic heterocycles. The molecule has 3 rings (SSSR count). The van der Waals surface area contributed by atoms with Crippen molar-refractivity contribution in [2.75, 3.05) is 0 Å². The van der Waals surface area contributed by atoms with Crippen LogP contribution in [0.2, 0.25) is 0 Å². The fourth-order valence-electron chi connectivity index (χ4n) is 3.39. The zero-order valence-electron chi connectivity index (χ0n) is 18.0. The maximum atomic E-state index is 12.7. The number of hydrogen-bond donors (Lipinski definition) is 1. The number of Topliss-reactive ketones (excluding diaryl/α,β-unsaturated/α-hetero) is 2. The molecule has 0 saturated heterocycles. The normalized spacial score (nSPS) is 12.7. The van der Waals surface area contributed by atoms with E-state index in [9.17, 15) is 14.4 Å². The van der Waals surface area contributed by atoms with Crippen molar-refractivity contribution >= 4 is 17.6 Å². The standard InChI is InChI=1S/C25H27N3O3/c1-17(18(2)29)13-24(27-25(31)28-16-23(15-26-28)19(3)30)14-20-9-11-22(12-10-20)21-7-5-4-6-8-21/h4-12,15-17,24H,13-14H2,1-3H3,(H,27,31)/t17-,24+/m1/s1. The highest BCUT2D eigenvalue weighted by Gasteiger charge is 2.20. The molecule has 0 aliphatic heterocycles. The van der Waals surface area contributed by atoms with Gasteiger partial charge in [-0.05, 0) is 43.4 Å². The summed E-state index contributed by atoms with van der Waals surface area (Å²) in [4.78, 5) is 35.9. The molecule has 0 radical (unpaired) electrons. The SMILES string of the molecule is CC(=O)c1cnn(C(=O)N[C@H](Cc2ccc(-c3ccccc3)cc2)C[C@@H](C)C(C)=O)c1. The van der Waals surface area contributed by atoms with E-state index in [-0.39, 0.29) is 23.5 Å². The van der Waals surface area contributed by atoms with Crippen molar-refractivity contribution in [3.8, 4) is 11.1 Å². The number of rotatable bonds is 8. The Morgan fingerprint density at radius 2 is 1.61 bits per heavy atom. The van der Waals surface area contributed by atoms with E-state index in [1.54, 1.807) is 6.92 Å². The number of hydrogen-bond acceptors (Lipinski definition) is 4. The van der Waals surface area contributed by atoms with Gasteiger partial charge in [0, 0.05) is 18.2 Å². The fourth-order valence-corrected chi connectivity index (χ4v) is 3.39. The summed E-state index contributed by atoms with van der Waals surface area (Å²) < 4.78 is 1.13. The van der Waals surface area contributed by atoms with E-state index in [0.29, 0.717) is 18.4 Å². The van der Waals surface area contributed by atoms with Gasteiger partial charge in [0.1, 0.15) is 5.78 Å². The highest BCUT2D eigenvalue weighted by molar-refractivity contribution is 5.94. The van der Waals surface area contributed by atoms with Crippen molar-refractivity contribution < 1.29 is 14.4 Å². The molecular formula is C25H27N3O3. The van der Waals surface area contributed by atoms with Crippen molar-refractivity contribution in [2.45, 2.75) is 39.7 Å². The zero-order chi connectivity index (χ0) is 22.4. The first-order chi connectivity index (χ1) is 14.8. The highest BCUT2D eigenvalue weighted by Crippen LogP contribution is 2.21. The number of benzene rings is 2. The van der Waals surface area contributed by atoms with Crippen LogP contribution in [-0.2, 0) is 11.2 Å². The van der Waals surface area contributed by atoms with Crippen LogP contribution in [0.25, 0.3) is 11.1 Å². The Labute approximate surface area is 182 Å². The van der Waals surface area contributed by atoms with E-state index in [1.165, 1.54) is 19.3 Å². The van der Waals surface area contributed by atoms with E-state index in [4.69, 9.17) is 0 Å². The fraction of sp³-hybridized carbons (Fsp3) is 0.280. The third-order valence-corrected chi connectivity index (χ3v) is 5.40. The number of amides is 1. The molecule has 3 aromatic rings. The summed E-state index contributed by atoms with van der Waals surface area (Å²) in [6.45, 7) is 4.85. The second kappa shape index (κ2) is 9.98. The lowest BCUT2D eigenvalue weighted by Crippen LogP contribution is -2.41. The minimum absolute atomic E-state index is 0.0802. The lowest BCUT2D eigenvalue weighted by Gasteiger charge is -2.21. The Bertz CT molecular complexity index is 1060. The topological polar surface area (TPSA) is 81.1 Å². The van der Waals surface area contributed by atoms with E-state index in [0.717, 1.165) is 21.4 Å². The minimum atomic E-state index is -0.422. The molecule has 1 N–H and O–H groups in total. The maximum absolute atomic E-state index is 12.7. The Kier molecular flexibility index (Phi) is 7.13. The van der Waals surface area contributed by atoms with Crippen LogP contribution in [0.3, 0.4) is 0 Å². The van der Waals surface area contributed by atoms with Gasteiger partial charge in [-0.15, -0.1) is 0 Å². The second-order valence-electron chi connectivity index (χ2n) is 7.89. The highest BCUT2D eigenvalue weighted by atomic mass is 16.2. The third kappa shape index (κ3) is 5.98. The van der Waals surface area contributed by atoms with Gasteiger partial charge >= 0.3 is 6.03 Å². The Balaban J connectivity index is 1.74. The van der Waals surface area contributed by atoms with Crippen LogP contribution >= 0.6 is 0 Å². The summed E-state index contributed by atoms with van der Waals surface area (Å²) in [6.07, 6.45) is 3.89. The molecule has 1 amide bonds. The maximum Gasteiger partial charge on any atom is 0.342 e.